The third-order valence-corrected chi connectivity index (χ3v) is 4.43. The van der Waals surface area contributed by atoms with E-state index in [1.54, 1.807) is 42.5 Å². The molecule has 11 heteroatoms. The summed E-state index contributed by atoms with van der Waals surface area (Å²) in [6, 6.07) is 11.3. The summed E-state index contributed by atoms with van der Waals surface area (Å²) >= 11 is 12.0. The van der Waals surface area contributed by atoms with Gasteiger partial charge in [0.2, 0.25) is 17.8 Å². The minimum atomic E-state index is -0.923. The summed E-state index contributed by atoms with van der Waals surface area (Å²) in [5.41, 5.74) is 1.37. The summed E-state index contributed by atoms with van der Waals surface area (Å²) in [6.07, 6.45) is -0.330. The van der Waals surface area contributed by atoms with Gasteiger partial charge in [-0.3, -0.25) is 25.6 Å². The van der Waals surface area contributed by atoms with Crippen LogP contribution in [0.25, 0.3) is 0 Å². The molecule has 2 rings (SSSR count). The zero-order valence-electron chi connectivity index (χ0n) is 14.9. The molecule has 0 heterocycles. The zero-order chi connectivity index (χ0) is 21.4. The van der Waals surface area contributed by atoms with E-state index in [0.717, 1.165) is 0 Å². The van der Waals surface area contributed by atoms with E-state index in [1.807, 2.05) is 0 Å². The van der Waals surface area contributed by atoms with E-state index in [0.29, 0.717) is 26.7 Å². The second-order valence-electron chi connectivity index (χ2n) is 5.79. The zero-order valence-corrected chi connectivity index (χ0v) is 16.4. The Hall–Kier alpha value is -3.17. The van der Waals surface area contributed by atoms with Crippen LogP contribution in [0.5, 0.6) is 0 Å². The minimum Gasteiger partial charge on any atom is -0.309 e. The highest BCUT2D eigenvalue weighted by atomic mass is 35.5. The second kappa shape index (κ2) is 10.4. The van der Waals surface area contributed by atoms with Crippen molar-refractivity contribution in [2.24, 2.45) is 0 Å². The first kappa shape index (κ1) is 22.1. The number of halogens is 2. The highest BCUT2D eigenvalue weighted by Gasteiger charge is 2.14. The summed E-state index contributed by atoms with van der Waals surface area (Å²) in [6.45, 7) is -0.302. The average molecular weight is 439 g/mol. The maximum Gasteiger partial charge on any atom is 0.294 e. The van der Waals surface area contributed by atoms with Crippen molar-refractivity contribution in [3.8, 4) is 0 Å². The van der Waals surface area contributed by atoms with Crippen molar-refractivity contribution in [1.29, 1.82) is 5.41 Å². The molecule has 0 aromatic heterocycles. The molecule has 0 aliphatic rings. The number of guanidine groups is 1. The lowest BCUT2D eigenvalue weighted by atomic mass is 10.1. The fourth-order valence-electron chi connectivity index (χ4n) is 2.43. The van der Waals surface area contributed by atoms with Crippen LogP contribution < -0.4 is 10.6 Å². The summed E-state index contributed by atoms with van der Waals surface area (Å²) in [7, 11) is 0. The number of hydrogen-bond acceptors (Lipinski definition) is 6. The van der Waals surface area contributed by atoms with E-state index in [1.165, 1.54) is 0 Å². The van der Waals surface area contributed by atoms with Gasteiger partial charge in [-0.15, -0.1) is 10.1 Å². The molecule has 0 atom stereocenters. The van der Waals surface area contributed by atoms with Gasteiger partial charge in [-0.2, -0.15) is 0 Å². The maximum atomic E-state index is 12.1. The van der Waals surface area contributed by atoms with E-state index in [-0.39, 0.29) is 19.4 Å². The van der Waals surface area contributed by atoms with Crippen LogP contribution in [-0.4, -0.2) is 22.9 Å². The number of carbonyl (C=O) groups is 2. The fraction of sp³-hybridized carbons (Fsp3) is 0.167. The molecule has 0 aliphatic heterocycles. The van der Waals surface area contributed by atoms with E-state index in [4.69, 9.17) is 28.6 Å². The monoisotopic (exact) mass is 438 g/mol. The molecule has 2 aromatic rings. The van der Waals surface area contributed by atoms with Gasteiger partial charge in [0.1, 0.15) is 6.61 Å². The Morgan fingerprint density at radius 2 is 1.52 bits per heavy atom. The Kier molecular flexibility index (Phi) is 7.93. The van der Waals surface area contributed by atoms with Crippen LogP contribution in [0, 0.1) is 15.5 Å². The van der Waals surface area contributed by atoms with E-state index >= 15 is 0 Å². The predicted molar refractivity (Wildman–Crippen MR) is 106 cm³/mol. The van der Waals surface area contributed by atoms with Crippen molar-refractivity contribution in [3.05, 3.63) is 79.3 Å². The number of hydrogen-bond donors (Lipinski definition) is 3. The van der Waals surface area contributed by atoms with Gasteiger partial charge in [0.15, 0.2) is 0 Å². The van der Waals surface area contributed by atoms with Crippen LogP contribution in [0.3, 0.4) is 0 Å². The number of benzene rings is 2. The number of carbonyl (C=O) groups excluding carboxylic acids is 2. The average Bonchev–Trinajstić information content (AvgIpc) is 2.63. The SMILES string of the molecule is N=C(NC(=O)Cc1ccccc1CO[N+](=O)[O-])NC(=O)Cc1c(Cl)cccc1Cl. The summed E-state index contributed by atoms with van der Waals surface area (Å²) in [5, 5.41) is 22.3. The maximum absolute atomic E-state index is 12.1. The first-order valence-corrected chi connectivity index (χ1v) is 8.97. The lowest BCUT2D eigenvalue weighted by Crippen LogP contribution is -2.44. The van der Waals surface area contributed by atoms with Crippen molar-refractivity contribution < 1.29 is 19.5 Å². The summed E-state index contributed by atoms with van der Waals surface area (Å²) in [4.78, 5) is 38.9. The van der Waals surface area contributed by atoms with Crippen molar-refractivity contribution in [1.82, 2.24) is 10.6 Å². The minimum absolute atomic E-state index is 0.161. The predicted octanol–water partition coefficient (Wildman–Crippen LogP) is 2.65. The van der Waals surface area contributed by atoms with Crippen LogP contribution >= 0.6 is 23.2 Å². The molecule has 152 valence electrons. The van der Waals surface area contributed by atoms with Gasteiger partial charge in [0, 0.05) is 10.0 Å². The number of rotatable bonds is 7. The number of nitrogens with one attached hydrogen (secondary N) is 3. The lowest BCUT2D eigenvalue weighted by molar-refractivity contribution is -0.763. The van der Waals surface area contributed by atoms with Gasteiger partial charge in [-0.25, -0.2) is 0 Å². The molecule has 0 unspecified atom stereocenters. The molecule has 2 aromatic carbocycles. The molecule has 2 amide bonds. The Balaban J connectivity index is 1.90. The van der Waals surface area contributed by atoms with E-state index in [2.05, 4.69) is 15.5 Å². The Bertz CT molecular complexity index is 931. The third kappa shape index (κ3) is 7.05. The highest BCUT2D eigenvalue weighted by Crippen LogP contribution is 2.24. The van der Waals surface area contributed by atoms with Crippen LogP contribution in [0.4, 0.5) is 0 Å². The molecular weight excluding hydrogens is 423 g/mol. The molecule has 29 heavy (non-hydrogen) atoms. The Labute approximate surface area is 175 Å². The highest BCUT2D eigenvalue weighted by molar-refractivity contribution is 6.36. The molecule has 3 N–H and O–H groups in total. The van der Waals surface area contributed by atoms with Crippen molar-refractivity contribution in [2.75, 3.05) is 0 Å². The molecule has 0 saturated carbocycles. The molecule has 0 bridgehead atoms. The van der Waals surface area contributed by atoms with Gasteiger partial charge in [-0.05, 0) is 28.8 Å². The number of amides is 2. The molecule has 0 saturated heterocycles. The first-order valence-electron chi connectivity index (χ1n) is 8.21. The normalized spacial score (nSPS) is 10.1. The summed E-state index contributed by atoms with van der Waals surface area (Å²) in [5.74, 6) is -1.67. The third-order valence-electron chi connectivity index (χ3n) is 3.72. The van der Waals surface area contributed by atoms with Gasteiger partial charge in [-0.1, -0.05) is 53.5 Å². The topological polar surface area (TPSA) is 134 Å². The molecular formula is C18H16Cl2N4O5. The molecule has 0 fully saturated rings. The summed E-state index contributed by atoms with van der Waals surface area (Å²) < 4.78 is 0. The fourth-order valence-corrected chi connectivity index (χ4v) is 2.96. The molecule has 0 radical (unpaired) electrons. The van der Waals surface area contributed by atoms with Gasteiger partial charge >= 0.3 is 0 Å². The second-order valence-corrected chi connectivity index (χ2v) is 6.61. The van der Waals surface area contributed by atoms with E-state index < -0.39 is 22.9 Å². The Morgan fingerprint density at radius 1 is 0.966 bits per heavy atom. The van der Waals surface area contributed by atoms with E-state index in [9.17, 15) is 19.7 Å². The first-order chi connectivity index (χ1) is 13.8. The van der Waals surface area contributed by atoms with Crippen LogP contribution in [0.15, 0.2) is 42.5 Å². The quantitative estimate of drug-likeness (QED) is 0.264. The molecule has 0 spiro atoms. The largest absolute Gasteiger partial charge is 0.309 e. The standard InChI is InChI=1S/C18H16Cl2N4O5/c19-14-6-3-7-15(20)13(14)9-17(26)23-18(21)22-16(25)8-11-4-1-2-5-12(11)10-29-24(27)28/h1-7H,8-10H2,(H3,21,22,23,25,26). The smallest absolute Gasteiger partial charge is 0.294 e. The van der Waals surface area contributed by atoms with Crippen molar-refractivity contribution >= 4 is 41.0 Å². The van der Waals surface area contributed by atoms with Gasteiger partial charge in [0.05, 0.1) is 12.8 Å². The van der Waals surface area contributed by atoms with Crippen molar-refractivity contribution in [3.63, 3.8) is 0 Å². The van der Waals surface area contributed by atoms with Crippen LogP contribution in [-0.2, 0) is 33.9 Å². The van der Waals surface area contributed by atoms with Gasteiger partial charge < -0.3 is 4.84 Å². The van der Waals surface area contributed by atoms with Crippen molar-refractivity contribution in [2.45, 2.75) is 19.4 Å². The molecule has 9 nitrogen and oxygen atoms in total. The van der Waals surface area contributed by atoms with Crippen LogP contribution in [0.2, 0.25) is 10.0 Å². The van der Waals surface area contributed by atoms with Crippen LogP contribution in [0.1, 0.15) is 16.7 Å². The Morgan fingerprint density at radius 3 is 2.10 bits per heavy atom. The lowest BCUT2D eigenvalue weighted by Gasteiger charge is -2.11. The van der Waals surface area contributed by atoms with Gasteiger partial charge in [0.25, 0.3) is 5.09 Å². The molecule has 0 aliphatic carbocycles. The number of nitrogens with zero attached hydrogens (tertiary/aromatic N) is 1.